The van der Waals surface area contributed by atoms with Crippen LogP contribution in [0.15, 0.2) is 66.9 Å². The highest BCUT2D eigenvalue weighted by molar-refractivity contribution is 5.99. The Balaban J connectivity index is 1.19. The van der Waals surface area contributed by atoms with Crippen molar-refractivity contribution in [3.63, 3.8) is 0 Å². The summed E-state index contributed by atoms with van der Waals surface area (Å²) in [6.07, 6.45) is -0.622. The highest BCUT2D eigenvalue weighted by Gasteiger charge is 2.30. The van der Waals surface area contributed by atoms with Gasteiger partial charge in [-0.25, -0.2) is 9.78 Å². The number of alkyl halides is 3. The average molecular weight is 509 g/mol. The zero-order valence-corrected chi connectivity index (χ0v) is 19.4. The fraction of sp³-hybridized carbons (Fsp3) is 0.160. The minimum absolute atomic E-state index is 0.0306. The van der Waals surface area contributed by atoms with Crippen LogP contribution in [0.2, 0.25) is 0 Å². The number of H-pyrrole nitrogens is 1. The Morgan fingerprint density at radius 2 is 1.65 bits per heavy atom. The molecule has 2 aromatic carbocycles. The number of nitrogen functional groups attached to an aromatic ring is 1. The molecule has 0 saturated heterocycles. The molecule has 2 amide bonds. The van der Waals surface area contributed by atoms with E-state index in [1.807, 2.05) is 6.07 Å². The molecule has 1 saturated carbocycles. The summed E-state index contributed by atoms with van der Waals surface area (Å²) >= 11 is 0. The minimum atomic E-state index is -4.49. The molecule has 0 atom stereocenters. The van der Waals surface area contributed by atoms with Crippen molar-refractivity contribution in [2.24, 2.45) is 0 Å². The van der Waals surface area contributed by atoms with E-state index in [0.717, 1.165) is 17.8 Å². The van der Waals surface area contributed by atoms with E-state index in [4.69, 9.17) is 5.73 Å². The molecule has 0 unspecified atom stereocenters. The van der Waals surface area contributed by atoms with Crippen LogP contribution in [-0.2, 0) is 6.18 Å². The number of hydrogen-bond acceptors (Lipinski definition) is 6. The number of halogens is 3. The number of nitrogens with one attached hydrogen (secondary N) is 5. The van der Waals surface area contributed by atoms with E-state index >= 15 is 0 Å². The average Bonchev–Trinajstić information content (AvgIpc) is 3.61. The smallest absolute Gasteiger partial charge is 0.396 e. The number of urea groups is 1. The van der Waals surface area contributed by atoms with E-state index in [9.17, 15) is 18.0 Å². The van der Waals surface area contributed by atoms with Crippen molar-refractivity contribution in [3.05, 3.63) is 78.1 Å². The molecule has 190 valence electrons. The number of carbonyl (C=O) groups is 1. The van der Waals surface area contributed by atoms with E-state index in [-0.39, 0.29) is 5.69 Å². The van der Waals surface area contributed by atoms with Crippen LogP contribution in [0.25, 0.3) is 0 Å². The van der Waals surface area contributed by atoms with Crippen LogP contribution in [0.5, 0.6) is 0 Å². The molecule has 2 heterocycles. The topological polar surface area (TPSA) is 133 Å². The monoisotopic (exact) mass is 508 g/mol. The lowest BCUT2D eigenvalue weighted by atomic mass is 10.2. The van der Waals surface area contributed by atoms with Gasteiger partial charge in [0, 0.05) is 40.8 Å². The molecule has 0 radical (unpaired) electrons. The Hall–Kier alpha value is -4.74. The van der Waals surface area contributed by atoms with E-state index in [1.165, 1.54) is 31.2 Å². The number of pyridine rings is 1. The molecule has 1 aliphatic rings. The molecule has 1 fully saturated rings. The Morgan fingerprint density at radius 3 is 2.38 bits per heavy atom. The van der Waals surface area contributed by atoms with Crippen LogP contribution in [-0.4, -0.2) is 21.2 Å². The maximum absolute atomic E-state index is 12.9. The molecule has 0 aliphatic heterocycles. The van der Waals surface area contributed by atoms with Gasteiger partial charge >= 0.3 is 12.2 Å². The summed E-state index contributed by atoms with van der Waals surface area (Å²) < 4.78 is 38.6. The number of rotatable bonds is 7. The third-order valence-corrected chi connectivity index (χ3v) is 5.68. The van der Waals surface area contributed by atoms with Crippen LogP contribution in [0.3, 0.4) is 0 Å². The number of aromatic nitrogens is 3. The van der Waals surface area contributed by atoms with Crippen molar-refractivity contribution in [1.29, 1.82) is 0 Å². The fourth-order valence-corrected chi connectivity index (χ4v) is 3.64. The molecule has 37 heavy (non-hydrogen) atoms. The standard InChI is InChI=1S/C25H23F3N8O/c26-25(27,28)15-2-1-3-18(10-15)33-24(37)32-17-8-6-16(7-9-17)31-22-12-21(19(29)13-30-22)34-23-11-20(35-36-23)14-4-5-14/h1-3,6-14H,4-5,29H2,(H2,32,33,37)(H3,30,31,34,35,36). The lowest BCUT2D eigenvalue weighted by Gasteiger charge is -2.12. The summed E-state index contributed by atoms with van der Waals surface area (Å²) in [5, 5.41) is 18.7. The predicted octanol–water partition coefficient (Wildman–Crippen LogP) is 6.41. The zero-order valence-electron chi connectivity index (χ0n) is 19.4. The Bertz CT molecular complexity index is 1410. The molecule has 4 aromatic rings. The van der Waals surface area contributed by atoms with Crippen molar-refractivity contribution in [1.82, 2.24) is 15.2 Å². The second-order valence-corrected chi connectivity index (χ2v) is 8.62. The van der Waals surface area contributed by atoms with Crippen molar-refractivity contribution < 1.29 is 18.0 Å². The second-order valence-electron chi connectivity index (χ2n) is 8.62. The highest BCUT2D eigenvalue weighted by atomic mass is 19.4. The number of anilines is 7. The first kappa shape index (κ1) is 24.0. The van der Waals surface area contributed by atoms with Crippen LogP contribution < -0.4 is 27.0 Å². The summed E-state index contributed by atoms with van der Waals surface area (Å²) in [5.41, 5.74) is 8.62. The van der Waals surface area contributed by atoms with Gasteiger partial charge in [0.2, 0.25) is 0 Å². The zero-order chi connectivity index (χ0) is 26.0. The number of hydrogen-bond donors (Lipinski definition) is 6. The van der Waals surface area contributed by atoms with Gasteiger partial charge in [-0.05, 0) is 55.3 Å². The molecule has 2 aromatic heterocycles. The molecular formula is C25H23F3N8O. The number of amides is 2. The van der Waals surface area contributed by atoms with Gasteiger partial charge in [0.25, 0.3) is 0 Å². The summed E-state index contributed by atoms with van der Waals surface area (Å²) in [5.74, 6) is 1.77. The van der Waals surface area contributed by atoms with E-state index in [1.54, 1.807) is 30.3 Å². The third-order valence-electron chi connectivity index (χ3n) is 5.68. The SMILES string of the molecule is Nc1cnc(Nc2ccc(NC(=O)Nc3cccc(C(F)(F)F)c3)cc2)cc1Nc1cc(C2CC2)[nH]n1. The van der Waals surface area contributed by atoms with Crippen molar-refractivity contribution in [2.75, 3.05) is 27.0 Å². The normalized spacial score (nSPS) is 13.2. The lowest BCUT2D eigenvalue weighted by molar-refractivity contribution is -0.137. The quantitative estimate of drug-likeness (QED) is 0.171. The molecule has 5 rings (SSSR count). The minimum Gasteiger partial charge on any atom is -0.396 e. The summed E-state index contributed by atoms with van der Waals surface area (Å²) in [4.78, 5) is 16.5. The van der Waals surface area contributed by atoms with Crippen molar-refractivity contribution >= 4 is 46.1 Å². The molecular weight excluding hydrogens is 485 g/mol. The van der Waals surface area contributed by atoms with Gasteiger partial charge in [-0.3, -0.25) is 5.10 Å². The molecule has 9 nitrogen and oxygen atoms in total. The molecule has 7 N–H and O–H groups in total. The van der Waals surface area contributed by atoms with Crippen LogP contribution in [0, 0.1) is 0 Å². The molecule has 0 bridgehead atoms. The highest BCUT2D eigenvalue weighted by Crippen LogP contribution is 2.40. The number of carbonyl (C=O) groups excluding carboxylic acids is 1. The third kappa shape index (κ3) is 6.10. The Labute approximate surface area is 209 Å². The predicted molar refractivity (Wildman–Crippen MR) is 136 cm³/mol. The first-order valence-electron chi connectivity index (χ1n) is 11.4. The summed E-state index contributed by atoms with van der Waals surface area (Å²) in [6.45, 7) is 0. The molecule has 1 aliphatic carbocycles. The second kappa shape index (κ2) is 9.72. The van der Waals surface area contributed by atoms with Crippen molar-refractivity contribution in [2.45, 2.75) is 24.9 Å². The Morgan fingerprint density at radius 1 is 0.919 bits per heavy atom. The van der Waals surface area contributed by atoms with Gasteiger partial charge in [-0.1, -0.05) is 6.07 Å². The Kier molecular flexibility index (Phi) is 6.30. The van der Waals surface area contributed by atoms with Gasteiger partial charge in [0.05, 0.1) is 23.1 Å². The largest absolute Gasteiger partial charge is 0.416 e. The first-order chi connectivity index (χ1) is 17.7. The van der Waals surface area contributed by atoms with Crippen molar-refractivity contribution in [3.8, 4) is 0 Å². The van der Waals surface area contributed by atoms with Gasteiger partial charge in [-0.15, -0.1) is 0 Å². The molecule has 12 heteroatoms. The van der Waals surface area contributed by atoms with E-state index in [2.05, 4.69) is 36.4 Å². The van der Waals surface area contributed by atoms with Gasteiger partial charge < -0.3 is 27.0 Å². The van der Waals surface area contributed by atoms with Crippen LogP contribution >= 0.6 is 0 Å². The fourth-order valence-electron chi connectivity index (χ4n) is 3.64. The number of nitrogens with two attached hydrogens (primary N) is 1. The van der Waals surface area contributed by atoms with Gasteiger partial charge in [0.1, 0.15) is 5.82 Å². The van der Waals surface area contributed by atoms with Gasteiger partial charge in [0.15, 0.2) is 5.82 Å². The van der Waals surface area contributed by atoms with Gasteiger partial charge in [-0.2, -0.15) is 18.3 Å². The number of benzene rings is 2. The maximum Gasteiger partial charge on any atom is 0.416 e. The molecule has 0 spiro atoms. The van der Waals surface area contributed by atoms with Crippen LogP contribution in [0.4, 0.5) is 58.0 Å². The summed E-state index contributed by atoms with van der Waals surface area (Å²) in [6, 6.07) is 14.2. The number of aromatic amines is 1. The maximum atomic E-state index is 12.9. The van der Waals surface area contributed by atoms with E-state index < -0.39 is 17.8 Å². The van der Waals surface area contributed by atoms with Crippen LogP contribution in [0.1, 0.15) is 30.0 Å². The van der Waals surface area contributed by atoms with E-state index in [0.29, 0.717) is 40.3 Å². The summed E-state index contributed by atoms with van der Waals surface area (Å²) in [7, 11) is 0. The lowest BCUT2D eigenvalue weighted by Crippen LogP contribution is -2.19. The number of nitrogens with zero attached hydrogens (tertiary/aromatic N) is 2. The first-order valence-corrected chi connectivity index (χ1v) is 11.4.